The standard InChI is InChI=1S/C30H30N2OP/c1-24(31-32-25(2)29-21-13-14-22-30(29)33-3)23-34(26-15-7-4-8-16-26,27-17-9-5-10-18-27)28-19-11-6-12-20-28/h4-22H,23H2,1-3H3/q+1/b31-24-,32-25-. The van der Waals surface area contributed by atoms with E-state index in [0.29, 0.717) is 0 Å². The third-order valence-electron chi connectivity index (χ3n) is 5.92. The lowest BCUT2D eigenvalue weighted by atomic mass is 10.1. The van der Waals surface area contributed by atoms with Gasteiger partial charge in [0, 0.05) is 5.56 Å². The fourth-order valence-corrected chi connectivity index (χ4v) is 8.54. The third-order valence-corrected chi connectivity index (χ3v) is 10.4. The summed E-state index contributed by atoms with van der Waals surface area (Å²) in [4.78, 5) is 0. The van der Waals surface area contributed by atoms with E-state index in [9.17, 15) is 0 Å². The summed E-state index contributed by atoms with van der Waals surface area (Å²) < 4.78 is 5.50. The second-order valence-electron chi connectivity index (χ2n) is 8.20. The smallest absolute Gasteiger partial charge is 0.127 e. The Morgan fingerprint density at radius 2 is 1.06 bits per heavy atom. The van der Waals surface area contributed by atoms with Gasteiger partial charge < -0.3 is 4.74 Å². The van der Waals surface area contributed by atoms with Crippen LogP contribution in [0, 0.1) is 0 Å². The molecule has 0 saturated heterocycles. The number of para-hydroxylation sites is 1. The summed E-state index contributed by atoms with van der Waals surface area (Å²) in [5, 5.41) is 13.3. The maximum Gasteiger partial charge on any atom is 0.127 e. The van der Waals surface area contributed by atoms with E-state index in [1.807, 2.05) is 31.2 Å². The fourth-order valence-electron chi connectivity index (χ4n) is 4.30. The van der Waals surface area contributed by atoms with E-state index in [4.69, 9.17) is 9.84 Å². The Morgan fingerprint density at radius 1 is 0.618 bits per heavy atom. The molecule has 0 heterocycles. The first kappa shape index (κ1) is 23.6. The molecular weight excluding hydrogens is 435 g/mol. The normalized spacial score (nSPS) is 12.4. The third kappa shape index (κ3) is 5.00. The Hall–Kier alpha value is -3.55. The summed E-state index contributed by atoms with van der Waals surface area (Å²) in [6.07, 6.45) is 0.813. The van der Waals surface area contributed by atoms with Crippen molar-refractivity contribution in [2.24, 2.45) is 10.2 Å². The number of methoxy groups -OCH3 is 1. The molecule has 0 N–H and O–H groups in total. The molecule has 0 spiro atoms. The molecule has 4 aromatic carbocycles. The Labute approximate surface area is 203 Å². The first-order valence-corrected chi connectivity index (χ1v) is 13.4. The van der Waals surface area contributed by atoms with Crippen LogP contribution in [0.2, 0.25) is 0 Å². The molecule has 0 atom stereocenters. The van der Waals surface area contributed by atoms with Crippen LogP contribution in [0.1, 0.15) is 19.4 Å². The van der Waals surface area contributed by atoms with Crippen LogP contribution in [-0.4, -0.2) is 24.7 Å². The lowest BCUT2D eigenvalue weighted by molar-refractivity contribution is 0.414. The Balaban J connectivity index is 1.82. The van der Waals surface area contributed by atoms with E-state index in [1.165, 1.54) is 15.9 Å². The topological polar surface area (TPSA) is 34.0 Å². The Kier molecular flexibility index (Phi) is 7.67. The van der Waals surface area contributed by atoms with Gasteiger partial charge >= 0.3 is 0 Å². The zero-order valence-corrected chi connectivity index (χ0v) is 20.8. The minimum absolute atomic E-state index is 0.802. The van der Waals surface area contributed by atoms with Gasteiger partial charge in [-0.3, -0.25) is 0 Å². The molecule has 0 saturated carbocycles. The van der Waals surface area contributed by atoms with Gasteiger partial charge in [-0.25, -0.2) is 0 Å². The van der Waals surface area contributed by atoms with Crippen molar-refractivity contribution in [3.63, 3.8) is 0 Å². The van der Waals surface area contributed by atoms with Gasteiger partial charge in [0.05, 0.1) is 18.5 Å². The molecule has 0 aliphatic carbocycles. The van der Waals surface area contributed by atoms with Gasteiger partial charge in [-0.1, -0.05) is 66.7 Å². The van der Waals surface area contributed by atoms with E-state index in [0.717, 1.165) is 28.9 Å². The summed E-state index contributed by atoms with van der Waals surface area (Å²) in [7, 11) is -0.302. The number of nitrogens with zero attached hydrogens (tertiary/aromatic N) is 2. The molecule has 0 aliphatic heterocycles. The zero-order valence-electron chi connectivity index (χ0n) is 19.9. The van der Waals surface area contributed by atoms with Gasteiger partial charge in [-0.05, 0) is 62.4 Å². The molecule has 34 heavy (non-hydrogen) atoms. The molecule has 170 valence electrons. The number of rotatable bonds is 8. The van der Waals surface area contributed by atoms with Crippen LogP contribution in [-0.2, 0) is 0 Å². The summed E-state index contributed by atoms with van der Waals surface area (Å²) >= 11 is 0. The van der Waals surface area contributed by atoms with Gasteiger partial charge in [-0.2, -0.15) is 10.2 Å². The average Bonchev–Trinajstić information content (AvgIpc) is 2.92. The molecule has 4 aromatic rings. The second-order valence-corrected chi connectivity index (χ2v) is 11.7. The van der Waals surface area contributed by atoms with Crippen molar-refractivity contribution in [3.05, 3.63) is 121 Å². The van der Waals surface area contributed by atoms with Gasteiger partial charge in [0.15, 0.2) is 0 Å². The lowest BCUT2D eigenvalue weighted by Crippen LogP contribution is -2.35. The maximum atomic E-state index is 5.50. The van der Waals surface area contributed by atoms with E-state index >= 15 is 0 Å². The molecule has 4 rings (SSSR count). The highest BCUT2D eigenvalue weighted by atomic mass is 31.2. The van der Waals surface area contributed by atoms with Crippen LogP contribution in [0.4, 0.5) is 0 Å². The SMILES string of the molecule is COc1ccccc1/C(C)=N\N=C(\C)C[P+](c1ccccc1)(c1ccccc1)c1ccccc1. The molecule has 0 unspecified atom stereocenters. The van der Waals surface area contributed by atoms with Crippen molar-refractivity contribution in [2.45, 2.75) is 13.8 Å². The molecule has 3 nitrogen and oxygen atoms in total. The van der Waals surface area contributed by atoms with Crippen LogP contribution in [0.5, 0.6) is 5.75 Å². The van der Waals surface area contributed by atoms with E-state index in [2.05, 4.69) is 103 Å². The monoisotopic (exact) mass is 465 g/mol. The molecule has 0 fully saturated rings. The highest BCUT2D eigenvalue weighted by Crippen LogP contribution is 2.55. The first-order chi connectivity index (χ1) is 16.6. The maximum absolute atomic E-state index is 5.50. The van der Waals surface area contributed by atoms with Crippen molar-refractivity contribution in [3.8, 4) is 5.75 Å². The van der Waals surface area contributed by atoms with Crippen LogP contribution in [0.25, 0.3) is 0 Å². The number of hydrogen-bond donors (Lipinski definition) is 0. The van der Waals surface area contributed by atoms with Crippen molar-refractivity contribution in [2.75, 3.05) is 13.3 Å². The number of hydrogen-bond acceptors (Lipinski definition) is 3. The van der Waals surface area contributed by atoms with Gasteiger partial charge in [0.2, 0.25) is 0 Å². The van der Waals surface area contributed by atoms with Crippen LogP contribution in [0.3, 0.4) is 0 Å². The highest BCUT2D eigenvalue weighted by Gasteiger charge is 2.45. The average molecular weight is 466 g/mol. The van der Waals surface area contributed by atoms with Crippen molar-refractivity contribution in [1.29, 1.82) is 0 Å². The van der Waals surface area contributed by atoms with Crippen molar-refractivity contribution in [1.82, 2.24) is 0 Å². The quantitative estimate of drug-likeness (QED) is 0.182. The van der Waals surface area contributed by atoms with Gasteiger partial charge in [0.1, 0.15) is 35.1 Å². The molecular formula is C30H30N2OP+. The van der Waals surface area contributed by atoms with Crippen LogP contribution >= 0.6 is 7.26 Å². The molecule has 0 aromatic heterocycles. The van der Waals surface area contributed by atoms with Crippen LogP contribution in [0.15, 0.2) is 125 Å². The summed E-state index contributed by atoms with van der Waals surface area (Å²) in [5.74, 6) is 0.802. The predicted octanol–water partition coefficient (Wildman–Crippen LogP) is 5.87. The van der Waals surface area contributed by atoms with Crippen LogP contribution < -0.4 is 20.7 Å². The van der Waals surface area contributed by atoms with Gasteiger partial charge in [-0.15, -0.1) is 0 Å². The number of ether oxygens (including phenoxy) is 1. The minimum Gasteiger partial charge on any atom is -0.496 e. The molecule has 0 amide bonds. The molecule has 0 radical (unpaired) electrons. The van der Waals surface area contributed by atoms with E-state index < -0.39 is 7.26 Å². The van der Waals surface area contributed by atoms with E-state index in [-0.39, 0.29) is 0 Å². The summed E-state index contributed by atoms with van der Waals surface area (Å²) in [6.45, 7) is 4.06. The minimum atomic E-state index is -1.98. The number of benzene rings is 4. The predicted molar refractivity (Wildman–Crippen MR) is 148 cm³/mol. The first-order valence-electron chi connectivity index (χ1n) is 11.4. The second kappa shape index (κ2) is 11.0. The Bertz CT molecular complexity index is 1170. The molecule has 4 heteroatoms. The lowest BCUT2D eigenvalue weighted by Gasteiger charge is -2.27. The fraction of sp³-hybridized carbons (Fsp3) is 0.133. The molecule has 0 bridgehead atoms. The largest absolute Gasteiger partial charge is 0.496 e. The van der Waals surface area contributed by atoms with E-state index in [1.54, 1.807) is 7.11 Å². The Morgan fingerprint density at radius 3 is 1.53 bits per heavy atom. The highest BCUT2D eigenvalue weighted by molar-refractivity contribution is 7.96. The summed E-state index contributed by atoms with van der Waals surface area (Å²) in [5.41, 5.74) is 2.79. The van der Waals surface area contributed by atoms with Crippen molar-refractivity contribution >= 4 is 34.6 Å². The van der Waals surface area contributed by atoms with Gasteiger partial charge in [0.25, 0.3) is 0 Å². The molecule has 0 aliphatic rings. The summed E-state index contributed by atoms with van der Waals surface area (Å²) in [6, 6.07) is 40.5. The zero-order chi connectivity index (χ0) is 23.8. The van der Waals surface area contributed by atoms with Crippen molar-refractivity contribution < 1.29 is 4.74 Å².